The fourth-order valence-corrected chi connectivity index (χ4v) is 4.77. The molecule has 1 saturated heterocycles. The third kappa shape index (κ3) is 4.71. The molecular formula is C20H24N2O3S. The van der Waals surface area contributed by atoms with Gasteiger partial charge in [-0.3, -0.25) is 4.79 Å². The van der Waals surface area contributed by atoms with E-state index >= 15 is 0 Å². The fraction of sp³-hybridized carbons (Fsp3) is 0.350. The molecule has 1 heterocycles. The first-order valence-corrected chi connectivity index (χ1v) is 10.4. The lowest BCUT2D eigenvalue weighted by atomic mass is 10.1. The van der Waals surface area contributed by atoms with Gasteiger partial charge in [0.25, 0.3) is 5.91 Å². The van der Waals surface area contributed by atoms with Crippen molar-refractivity contribution in [1.82, 2.24) is 9.62 Å². The van der Waals surface area contributed by atoms with E-state index < -0.39 is 10.0 Å². The molecule has 1 aliphatic heterocycles. The van der Waals surface area contributed by atoms with Crippen LogP contribution in [0.15, 0.2) is 54.6 Å². The Morgan fingerprint density at radius 2 is 1.77 bits per heavy atom. The highest BCUT2D eigenvalue weighted by Crippen LogP contribution is 2.18. The molecule has 0 saturated carbocycles. The van der Waals surface area contributed by atoms with Crippen LogP contribution in [0.5, 0.6) is 0 Å². The van der Waals surface area contributed by atoms with Crippen molar-refractivity contribution in [3.05, 3.63) is 71.3 Å². The summed E-state index contributed by atoms with van der Waals surface area (Å²) in [5, 5.41) is 3.02. The van der Waals surface area contributed by atoms with Gasteiger partial charge >= 0.3 is 0 Å². The number of amides is 1. The minimum Gasteiger partial charge on any atom is -0.349 e. The van der Waals surface area contributed by atoms with E-state index in [0.29, 0.717) is 31.5 Å². The van der Waals surface area contributed by atoms with Gasteiger partial charge in [-0.15, -0.1) is 0 Å². The van der Waals surface area contributed by atoms with Gasteiger partial charge < -0.3 is 5.32 Å². The molecule has 6 heteroatoms. The van der Waals surface area contributed by atoms with Crippen LogP contribution in [0.4, 0.5) is 0 Å². The summed E-state index contributed by atoms with van der Waals surface area (Å²) in [5.41, 5.74) is 2.48. The van der Waals surface area contributed by atoms with E-state index in [-0.39, 0.29) is 17.7 Å². The summed E-state index contributed by atoms with van der Waals surface area (Å²) in [6.45, 7) is 2.83. The van der Waals surface area contributed by atoms with Gasteiger partial charge in [0, 0.05) is 24.7 Å². The topological polar surface area (TPSA) is 66.5 Å². The highest BCUT2D eigenvalue weighted by molar-refractivity contribution is 7.88. The molecule has 0 radical (unpaired) electrons. The van der Waals surface area contributed by atoms with Crippen LogP contribution in [0.3, 0.4) is 0 Å². The average molecular weight is 372 g/mol. The average Bonchev–Trinajstić information content (AvgIpc) is 2.62. The van der Waals surface area contributed by atoms with Crippen LogP contribution in [0.25, 0.3) is 0 Å². The maximum Gasteiger partial charge on any atom is 0.251 e. The van der Waals surface area contributed by atoms with Gasteiger partial charge in [0.05, 0.1) is 5.75 Å². The maximum atomic E-state index is 12.6. The minimum atomic E-state index is -3.33. The van der Waals surface area contributed by atoms with Gasteiger partial charge in [0.2, 0.25) is 10.0 Å². The zero-order valence-electron chi connectivity index (χ0n) is 14.9. The Bertz CT molecular complexity index is 858. The first kappa shape index (κ1) is 18.6. The van der Waals surface area contributed by atoms with Gasteiger partial charge in [-0.1, -0.05) is 48.0 Å². The third-order valence-electron chi connectivity index (χ3n) is 4.65. The zero-order chi connectivity index (χ0) is 18.6. The van der Waals surface area contributed by atoms with Crippen LogP contribution in [-0.4, -0.2) is 37.8 Å². The van der Waals surface area contributed by atoms with Crippen molar-refractivity contribution < 1.29 is 13.2 Å². The zero-order valence-corrected chi connectivity index (χ0v) is 15.7. The summed E-state index contributed by atoms with van der Waals surface area (Å²) >= 11 is 0. The van der Waals surface area contributed by atoms with E-state index in [1.165, 1.54) is 4.31 Å². The summed E-state index contributed by atoms with van der Waals surface area (Å²) in [6.07, 6.45) is 1.26. The van der Waals surface area contributed by atoms with E-state index in [4.69, 9.17) is 0 Å². The van der Waals surface area contributed by atoms with E-state index in [2.05, 4.69) is 5.32 Å². The second-order valence-corrected chi connectivity index (χ2v) is 8.73. The Balaban J connectivity index is 1.54. The highest BCUT2D eigenvalue weighted by atomic mass is 32.2. The summed E-state index contributed by atoms with van der Waals surface area (Å²) in [4.78, 5) is 12.3. The molecule has 1 amide bonds. The largest absolute Gasteiger partial charge is 0.349 e. The molecule has 0 spiro atoms. The number of rotatable bonds is 5. The SMILES string of the molecule is Cc1cccc(C(=O)NC2CCN(S(=O)(=O)Cc3ccccc3)CC2)c1. The highest BCUT2D eigenvalue weighted by Gasteiger charge is 2.28. The van der Waals surface area contributed by atoms with E-state index in [0.717, 1.165) is 11.1 Å². The monoisotopic (exact) mass is 372 g/mol. The standard InChI is InChI=1S/C20H24N2O3S/c1-16-6-5-9-18(14-16)20(23)21-19-10-12-22(13-11-19)26(24,25)15-17-7-3-2-4-8-17/h2-9,14,19H,10-13,15H2,1H3,(H,21,23). The van der Waals surface area contributed by atoms with E-state index in [9.17, 15) is 13.2 Å². The number of nitrogens with one attached hydrogen (secondary N) is 1. The number of sulfonamides is 1. The maximum absolute atomic E-state index is 12.6. The molecule has 138 valence electrons. The van der Waals surface area contributed by atoms with Gasteiger partial charge in [-0.05, 0) is 37.5 Å². The van der Waals surface area contributed by atoms with Crippen LogP contribution in [0, 0.1) is 6.92 Å². The summed E-state index contributed by atoms with van der Waals surface area (Å²) in [7, 11) is -3.33. The molecule has 0 aliphatic carbocycles. The van der Waals surface area contributed by atoms with Crippen LogP contribution >= 0.6 is 0 Å². The van der Waals surface area contributed by atoms with Crippen molar-refractivity contribution in [2.45, 2.75) is 31.6 Å². The summed E-state index contributed by atoms with van der Waals surface area (Å²) < 4.78 is 26.7. The number of hydrogen-bond donors (Lipinski definition) is 1. The number of carbonyl (C=O) groups excluding carboxylic acids is 1. The molecule has 5 nitrogen and oxygen atoms in total. The van der Waals surface area contributed by atoms with Crippen LogP contribution in [0.1, 0.15) is 34.3 Å². The van der Waals surface area contributed by atoms with Crippen molar-refractivity contribution in [1.29, 1.82) is 0 Å². The van der Waals surface area contributed by atoms with Crippen molar-refractivity contribution in [2.75, 3.05) is 13.1 Å². The lowest BCUT2D eigenvalue weighted by Crippen LogP contribution is -2.46. The second kappa shape index (κ2) is 8.01. The van der Waals surface area contributed by atoms with Crippen molar-refractivity contribution in [3.8, 4) is 0 Å². The number of piperidine rings is 1. The molecule has 1 fully saturated rings. The smallest absolute Gasteiger partial charge is 0.251 e. The van der Waals surface area contributed by atoms with Crippen molar-refractivity contribution in [2.24, 2.45) is 0 Å². The molecule has 1 aliphatic rings. The van der Waals surface area contributed by atoms with Gasteiger partial charge in [-0.2, -0.15) is 0 Å². The van der Waals surface area contributed by atoms with Gasteiger partial charge in [0.1, 0.15) is 0 Å². The Labute approximate surface area is 155 Å². The Morgan fingerprint density at radius 3 is 2.42 bits per heavy atom. The summed E-state index contributed by atoms with van der Waals surface area (Å²) in [5.74, 6) is -0.0759. The molecule has 0 unspecified atom stereocenters. The molecule has 2 aromatic rings. The van der Waals surface area contributed by atoms with Gasteiger partial charge in [-0.25, -0.2) is 12.7 Å². The quantitative estimate of drug-likeness (QED) is 0.878. The first-order valence-electron chi connectivity index (χ1n) is 8.83. The number of carbonyl (C=O) groups is 1. The molecule has 1 N–H and O–H groups in total. The lowest BCUT2D eigenvalue weighted by molar-refractivity contribution is 0.0923. The predicted molar refractivity (Wildman–Crippen MR) is 102 cm³/mol. The van der Waals surface area contributed by atoms with Crippen LogP contribution in [-0.2, 0) is 15.8 Å². The van der Waals surface area contributed by atoms with Crippen LogP contribution < -0.4 is 5.32 Å². The predicted octanol–water partition coefficient (Wildman–Crippen LogP) is 2.72. The van der Waals surface area contributed by atoms with Crippen LogP contribution in [0.2, 0.25) is 0 Å². The Kier molecular flexibility index (Phi) is 5.74. The van der Waals surface area contributed by atoms with E-state index in [1.807, 2.05) is 55.5 Å². The molecule has 2 aromatic carbocycles. The number of aryl methyl sites for hydroxylation is 1. The van der Waals surface area contributed by atoms with Crippen molar-refractivity contribution >= 4 is 15.9 Å². The third-order valence-corrected chi connectivity index (χ3v) is 6.50. The molecule has 0 bridgehead atoms. The molecular weight excluding hydrogens is 348 g/mol. The van der Waals surface area contributed by atoms with Crippen molar-refractivity contribution in [3.63, 3.8) is 0 Å². The normalized spacial score (nSPS) is 16.3. The van der Waals surface area contributed by atoms with E-state index in [1.54, 1.807) is 6.07 Å². The number of nitrogens with zero attached hydrogens (tertiary/aromatic N) is 1. The number of benzene rings is 2. The minimum absolute atomic E-state index is 0.00573. The summed E-state index contributed by atoms with van der Waals surface area (Å²) in [6, 6.07) is 16.7. The Hall–Kier alpha value is -2.18. The lowest BCUT2D eigenvalue weighted by Gasteiger charge is -2.31. The molecule has 26 heavy (non-hydrogen) atoms. The number of hydrogen-bond acceptors (Lipinski definition) is 3. The molecule has 0 atom stereocenters. The van der Waals surface area contributed by atoms with Gasteiger partial charge in [0.15, 0.2) is 0 Å². The second-order valence-electron chi connectivity index (χ2n) is 6.76. The fourth-order valence-electron chi connectivity index (χ4n) is 3.21. The molecule has 0 aromatic heterocycles. The first-order chi connectivity index (χ1) is 12.4. The Morgan fingerprint density at radius 1 is 1.08 bits per heavy atom. The molecule has 3 rings (SSSR count).